The molecule has 1 heterocycles. The number of halogens is 1. The zero-order valence-electron chi connectivity index (χ0n) is 10.6. The number of H-pyrrole nitrogens is 1. The van der Waals surface area contributed by atoms with Gasteiger partial charge < -0.3 is 5.11 Å². The van der Waals surface area contributed by atoms with Gasteiger partial charge in [0.2, 0.25) is 5.88 Å². The summed E-state index contributed by atoms with van der Waals surface area (Å²) in [5.74, 6) is 1.90. The van der Waals surface area contributed by atoms with Gasteiger partial charge in [-0.05, 0) is 24.6 Å². The number of aromatic hydroxyl groups is 1. The number of rotatable bonds is 2. The second kappa shape index (κ2) is 5.39. The Morgan fingerprint density at radius 1 is 1.45 bits per heavy atom. The lowest BCUT2D eigenvalue weighted by Gasteiger charge is -2.13. The summed E-state index contributed by atoms with van der Waals surface area (Å²) >= 11 is 3.29. The van der Waals surface area contributed by atoms with E-state index < -0.39 is 23.2 Å². The van der Waals surface area contributed by atoms with Gasteiger partial charge in [-0.25, -0.2) is 9.36 Å². The van der Waals surface area contributed by atoms with Gasteiger partial charge in [0.1, 0.15) is 5.56 Å². The van der Waals surface area contributed by atoms with Gasteiger partial charge in [-0.2, -0.15) is 0 Å². The van der Waals surface area contributed by atoms with E-state index in [1.165, 1.54) is 0 Å². The van der Waals surface area contributed by atoms with Crippen LogP contribution in [-0.2, 0) is 0 Å². The number of aromatic nitrogens is 2. The minimum absolute atomic E-state index is 0.00741. The monoisotopic (exact) mass is 334 g/mol. The van der Waals surface area contributed by atoms with Crippen LogP contribution in [0.1, 0.15) is 13.0 Å². The van der Waals surface area contributed by atoms with Crippen LogP contribution < -0.4 is 11.2 Å². The molecule has 1 aromatic heterocycles. The molecule has 0 spiro atoms. The molecule has 5 nitrogen and oxygen atoms in total. The Kier molecular flexibility index (Phi) is 3.81. The zero-order chi connectivity index (χ0) is 14.9. The van der Waals surface area contributed by atoms with Gasteiger partial charge in [-0.1, -0.05) is 34.0 Å². The Labute approximate surface area is 123 Å². The largest absolute Gasteiger partial charge is 0.494 e. The summed E-state index contributed by atoms with van der Waals surface area (Å²) in [4.78, 5) is 25.9. The van der Waals surface area contributed by atoms with E-state index in [9.17, 15) is 14.7 Å². The molecular formula is C14H11BrN2O3. The van der Waals surface area contributed by atoms with Gasteiger partial charge in [-0.3, -0.25) is 9.78 Å². The normalized spacial score (nSPS) is 11.8. The highest BCUT2D eigenvalue weighted by Crippen LogP contribution is 2.27. The lowest BCUT2D eigenvalue weighted by molar-refractivity contribution is 0.398. The van der Waals surface area contributed by atoms with E-state index in [2.05, 4.69) is 26.8 Å². The first-order valence-corrected chi connectivity index (χ1v) is 6.55. The molecule has 20 heavy (non-hydrogen) atoms. The molecule has 0 amide bonds. The summed E-state index contributed by atoms with van der Waals surface area (Å²) in [7, 11) is 0. The standard InChI is InChI=1S/C14H11BrN2O3/c1-3-8(2)17-13(19)11(12(18)16-14(17)20)9-5-4-6-10(15)7-9/h1,4-8,19H,2H3,(H,16,18,20). The zero-order valence-corrected chi connectivity index (χ0v) is 12.1. The van der Waals surface area contributed by atoms with E-state index in [1.54, 1.807) is 31.2 Å². The van der Waals surface area contributed by atoms with E-state index in [4.69, 9.17) is 6.42 Å². The van der Waals surface area contributed by atoms with E-state index in [1.807, 2.05) is 0 Å². The third kappa shape index (κ3) is 2.40. The molecule has 1 aromatic carbocycles. The lowest BCUT2D eigenvalue weighted by Crippen LogP contribution is -2.32. The summed E-state index contributed by atoms with van der Waals surface area (Å²) in [6.07, 6.45) is 5.27. The van der Waals surface area contributed by atoms with Gasteiger partial charge in [0.15, 0.2) is 0 Å². The molecule has 0 saturated heterocycles. The highest BCUT2D eigenvalue weighted by molar-refractivity contribution is 9.10. The highest BCUT2D eigenvalue weighted by Gasteiger charge is 2.18. The molecule has 0 radical (unpaired) electrons. The maximum atomic E-state index is 11.9. The molecule has 2 N–H and O–H groups in total. The number of terminal acetylenes is 1. The smallest absolute Gasteiger partial charge is 0.332 e. The first kappa shape index (κ1) is 14.2. The van der Waals surface area contributed by atoms with Crippen LogP contribution in [0.25, 0.3) is 11.1 Å². The molecule has 0 aliphatic carbocycles. The van der Waals surface area contributed by atoms with Crippen LogP contribution in [-0.4, -0.2) is 14.7 Å². The fourth-order valence-corrected chi connectivity index (χ4v) is 2.28. The van der Waals surface area contributed by atoms with Crippen molar-refractivity contribution in [3.8, 4) is 29.4 Å². The van der Waals surface area contributed by atoms with Crippen LogP contribution in [0.3, 0.4) is 0 Å². The Hall–Kier alpha value is -2.26. The van der Waals surface area contributed by atoms with Crippen molar-refractivity contribution in [1.29, 1.82) is 0 Å². The third-order valence-electron chi connectivity index (χ3n) is 2.86. The fraction of sp³-hybridized carbons (Fsp3) is 0.143. The second-order valence-electron chi connectivity index (χ2n) is 4.18. The average molecular weight is 335 g/mol. The minimum atomic E-state index is -0.739. The average Bonchev–Trinajstić information content (AvgIpc) is 2.37. The topological polar surface area (TPSA) is 75.1 Å². The number of hydrogen-bond acceptors (Lipinski definition) is 3. The number of hydrogen-bond donors (Lipinski definition) is 2. The second-order valence-corrected chi connectivity index (χ2v) is 5.10. The lowest BCUT2D eigenvalue weighted by atomic mass is 10.1. The SMILES string of the molecule is C#CC(C)n1c(O)c(-c2cccc(Br)c2)c(=O)[nH]c1=O. The van der Waals surface area contributed by atoms with E-state index in [0.29, 0.717) is 5.56 Å². The molecule has 102 valence electrons. The molecule has 6 heteroatoms. The summed E-state index contributed by atoms with van der Waals surface area (Å²) in [5, 5.41) is 10.2. The molecule has 1 unspecified atom stereocenters. The van der Waals surface area contributed by atoms with Crippen LogP contribution in [0, 0.1) is 12.3 Å². The fourth-order valence-electron chi connectivity index (χ4n) is 1.88. The van der Waals surface area contributed by atoms with Crippen molar-refractivity contribution >= 4 is 15.9 Å². The molecule has 2 aromatic rings. The summed E-state index contributed by atoms with van der Waals surface area (Å²) < 4.78 is 1.72. The Morgan fingerprint density at radius 2 is 2.15 bits per heavy atom. The van der Waals surface area contributed by atoms with Crippen molar-refractivity contribution in [3.63, 3.8) is 0 Å². The summed E-state index contributed by atoms with van der Waals surface area (Å²) in [6, 6.07) is 6.15. The van der Waals surface area contributed by atoms with Gasteiger partial charge in [0, 0.05) is 4.47 Å². The third-order valence-corrected chi connectivity index (χ3v) is 3.35. The predicted octanol–water partition coefficient (Wildman–Crippen LogP) is 1.87. The first-order chi connectivity index (χ1) is 9.45. The maximum absolute atomic E-state index is 11.9. The van der Waals surface area contributed by atoms with E-state index >= 15 is 0 Å². The van der Waals surface area contributed by atoms with Crippen molar-refractivity contribution in [1.82, 2.24) is 9.55 Å². The molecular weight excluding hydrogens is 324 g/mol. The molecule has 2 rings (SSSR count). The molecule has 0 bridgehead atoms. The summed E-state index contributed by atoms with van der Waals surface area (Å²) in [6.45, 7) is 1.57. The van der Waals surface area contributed by atoms with Crippen molar-refractivity contribution in [2.45, 2.75) is 13.0 Å². The number of nitrogens with one attached hydrogen (secondary N) is 1. The molecule has 0 aliphatic heterocycles. The maximum Gasteiger partial charge on any atom is 0.332 e. The first-order valence-electron chi connectivity index (χ1n) is 5.75. The van der Waals surface area contributed by atoms with Crippen LogP contribution in [0.5, 0.6) is 5.88 Å². The van der Waals surface area contributed by atoms with E-state index in [-0.39, 0.29) is 5.56 Å². The molecule has 0 saturated carbocycles. The van der Waals surface area contributed by atoms with Crippen molar-refractivity contribution in [2.75, 3.05) is 0 Å². The number of benzene rings is 1. The Balaban J connectivity index is 2.82. The quantitative estimate of drug-likeness (QED) is 0.823. The number of aromatic amines is 1. The molecule has 0 fully saturated rings. The molecule has 1 atom stereocenters. The van der Waals surface area contributed by atoms with Crippen LogP contribution in [0.4, 0.5) is 0 Å². The predicted molar refractivity (Wildman–Crippen MR) is 79.7 cm³/mol. The van der Waals surface area contributed by atoms with E-state index in [0.717, 1.165) is 9.04 Å². The highest BCUT2D eigenvalue weighted by atomic mass is 79.9. The van der Waals surface area contributed by atoms with Crippen molar-refractivity contribution < 1.29 is 5.11 Å². The minimum Gasteiger partial charge on any atom is -0.494 e. The molecule has 0 aliphatic rings. The number of nitrogens with zero attached hydrogens (tertiary/aromatic N) is 1. The summed E-state index contributed by atoms with van der Waals surface area (Å²) in [5.41, 5.74) is -0.910. The van der Waals surface area contributed by atoms with Crippen molar-refractivity contribution in [3.05, 3.63) is 49.6 Å². The van der Waals surface area contributed by atoms with Gasteiger partial charge >= 0.3 is 5.69 Å². The van der Waals surface area contributed by atoms with Crippen molar-refractivity contribution in [2.24, 2.45) is 0 Å². The Bertz CT molecular complexity index is 814. The van der Waals surface area contributed by atoms with Gasteiger partial charge in [0.25, 0.3) is 5.56 Å². The van der Waals surface area contributed by atoms with Crippen LogP contribution >= 0.6 is 15.9 Å². The Morgan fingerprint density at radius 3 is 2.75 bits per heavy atom. The van der Waals surface area contributed by atoms with Crippen LogP contribution in [0.15, 0.2) is 38.3 Å². The van der Waals surface area contributed by atoms with Gasteiger partial charge in [-0.15, -0.1) is 6.42 Å². The van der Waals surface area contributed by atoms with Gasteiger partial charge in [0.05, 0.1) is 6.04 Å². The van der Waals surface area contributed by atoms with Crippen LogP contribution in [0.2, 0.25) is 0 Å².